The number of carbonyl (C=O) groups is 1. The van der Waals surface area contributed by atoms with Gasteiger partial charge in [0.25, 0.3) is 0 Å². The van der Waals surface area contributed by atoms with Crippen molar-refractivity contribution in [2.45, 2.75) is 52.1 Å². The van der Waals surface area contributed by atoms with Crippen LogP contribution in [0.25, 0.3) is 0 Å². The van der Waals surface area contributed by atoms with E-state index in [1.54, 1.807) is 0 Å². The van der Waals surface area contributed by atoms with Crippen LogP contribution in [0.4, 0.5) is 0 Å². The second-order valence-electron chi connectivity index (χ2n) is 3.77. The Hall–Kier alpha value is -1.01. The van der Waals surface area contributed by atoms with Gasteiger partial charge in [0.05, 0.1) is 6.54 Å². The third-order valence-corrected chi connectivity index (χ3v) is 2.39. The van der Waals surface area contributed by atoms with Crippen molar-refractivity contribution in [3.63, 3.8) is 0 Å². The quantitative estimate of drug-likeness (QED) is 0.622. The van der Waals surface area contributed by atoms with Crippen molar-refractivity contribution in [2.24, 2.45) is 0 Å². The Labute approximate surface area is 93.0 Å². The Bertz CT molecular complexity index is 216. The van der Waals surface area contributed by atoms with Crippen molar-refractivity contribution >= 4 is 5.91 Å². The van der Waals surface area contributed by atoms with Gasteiger partial charge in [0.2, 0.25) is 5.91 Å². The highest BCUT2D eigenvalue weighted by Gasteiger charge is 2.08. The van der Waals surface area contributed by atoms with E-state index < -0.39 is 0 Å². The van der Waals surface area contributed by atoms with Crippen LogP contribution in [0, 0.1) is 12.3 Å². The van der Waals surface area contributed by atoms with Gasteiger partial charge in [-0.15, -0.1) is 12.3 Å². The number of carbonyl (C=O) groups excluding carboxylic acids is 1. The molecule has 0 aliphatic rings. The molecule has 3 heteroatoms. The third-order valence-electron chi connectivity index (χ3n) is 2.39. The highest BCUT2D eigenvalue weighted by molar-refractivity contribution is 5.78. The van der Waals surface area contributed by atoms with Gasteiger partial charge in [-0.1, -0.05) is 13.8 Å². The van der Waals surface area contributed by atoms with Gasteiger partial charge in [0.15, 0.2) is 0 Å². The third kappa shape index (κ3) is 6.98. The molecule has 0 radical (unpaired) electrons. The van der Waals surface area contributed by atoms with E-state index in [1.807, 2.05) is 6.92 Å². The fourth-order valence-electron chi connectivity index (χ4n) is 1.29. The lowest BCUT2D eigenvalue weighted by molar-refractivity contribution is -0.121. The average molecular weight is 210 g/mol. The summed E-state index contributed by atoms with van der Waals surface area (Å²) >= 11 is 0. The fourth-order valence-corrected chi connectivity index (χ4v) is 1.29. The van der Waals surface area contributed by atoms with Crippen LogP contribution in [0.1, 0.15) is 40.0 Å². The van der Waals surface area contributed by atoms with E-state index >= 15 is 0 Å². The molecule has 0 aromatic heterocycles. The Morgan fingerprint density at radius 2 is 2.00 bits per heavy atom. The summed E-state index contributed by atoms with van der Waals surface area (Å²) in [6.07, 6.45) is 7.77. The monoisotopic (exact) mass is 210 g/mol. The molecule has 0 aliphatic heterocycles. The van der Waals surface area contributed by atoms with Gasteiger partial charge < -0.3 is 10.6 Å². The largest absolute Gasteiger partial charge is 0.352 e. The van der Waals surface area contributed by atoms with E-state index in [-0.39, 0.29) is 11.9 Å². The minimum Gasteiger partial charge on any atom is -0.352 e. The minimum absolute atomic E-state index is 0.0487. The molecule has 86 valence electrons. The number of amides is 1. The lowest BCUT2D eigenvalue weighted by atomic mass is 10.2. The highest BCUT2D eigenvalue weighted by Crippen LogP contribution is 1.95. The van der Waals surface area contributed by atoms with Crippen LogP contribution in [0.3, 0.4) is 0 Å². The van der Waals surface area contributed by atoms with E-state index in [1.165, 1.54) is 0 Å². The van der Waals surface area contributed by atoms with E-state index in [2.05, 4.69) is 30.4 Å². The van der Waals surface area contributed by atoms with Crippen LogP contribution in [0.2, 0.25) is 0 Å². The summed E-state index contributed by atoms with van der Waals surface area (Å²) in [5.74, 6) is 2.61. The maximum absolute atomic E-state index is 11.5. The molecule has 0 saturated carbocycles. The minimum atomic E-state index is 0.0487. The summed E-state index contributed by atoms with van der Waals surface area (Å²) in [7, 11) is 0. The van der Waals surface area contributed by atoms with Gasteiger partial charge in [-0.25, -0.2) is 0 Å². The standard InChI is InChI=1S/C12H22N2O/c1-5-8-10(4)13-9-12(15)14-11(6-2)7-3/h1,10-11,13H,6-9H2,2-4H3,(H,14,15). The van der Waals surface area contributed by atoms with Crippen LogP contribution < -0.4 is 10.6 Å². The molecule has 0 heterocycles. The molecular formula is C12H22N2O. The predicted molar refractivity (Wildman–Crippen MR) is 63.4 cm³/mol. The zero-order valence-electron chi connectivity index (χ0n) is 9.97. The summed E-state index contributed by atoms with van der Waals surface area (Å²) in [5, 5.41) is 6.04. The predicted octanol–water partition coefficient (Wildman–Crippen LogP) is 1.29. The molecule has 0 saturated heterocycles. The van der Waals surface area contributed by atoms with Gasteiger partial charge in [-0.2, -0.15) is 0 Å². The maximum Gasteiger partial charge on any atom is 0.234 e. The number of terminal acetylenes is 1. The Balaban J connectivity index is 3.70. The molecule has 0 aromatic carbocycles. The average Bonchev–Trinajstić information content (AvgIpc) is 2.23. The Kier molecular flexibility index (Phi) is 7.75. The first-order valence-corrected chi connectivity index (χ1v) is 5.60. The summed E-state index contributed by atoms with van der Waals surface area (Å²) in [6, 6.07) is 0.490. The molecule has 0 aromatic rings. The van der Waals surface area contributed by atoms with Crippen LogP contribution in [0.15, 0.2) is 0 Å². The van der Waals surface area contributed by atoms with E-state index in [9.17, 15) is 4.79 Å². The Morgan fingerprint density at radius 1 is 1.40 bits per heavy atom. The van der Waals surface area contributed by atoms with Crippen molar-refractivity contribution in [2.75, 3.05) is 6.54 Å². The van der Waals surface area contributed by atoms with Crippen molar-refractivity contribution in [3.05, 3.63) is 0 Å². The van der Waals surface area contributed by atoms with E-state index in [0.717, 1.165) is 12.8 Å². The molecule has 0 bridgehead atoms. The Morgan fingerprint density at radius 3 is 2.47 bits per heavy atom. The molecule has 0 spiro atoms. The number of hydrogen-bond acceptors (Lipinski definition) is 2. The molecule has 1 amide bonds. The van der Waals surface area contributed by atoms with E-state index in [4.69, 9.17) is 6.42 Å². The lowest BCUT2D eigenvalue weighted by Crippen LogP contribution is -2.42. The molecule has 1 atom stereocenters. The van der Waals surface area contributed by atoms with Crippen molar-refractivity contribution in [3.8, 4) is 12.3 Å². The van der Waals surface area contributed by atoms with Crippen LogP contribution >= 0.6 is 0 Å². The maximum atomic E-state index is 11.5. The molecule has 0 aliphatic carbocycles. The molecule has 2 N–H and O–H groups in total. The first kappa shape index (κ1) is 14.0. The molecule has 0 fully saturated rings. The number of rotatable bonds is 7. The highest BCUT2D eigenvalue weighted by atomic mass is 16.1. The number of hydrogen-bond donors (Lipinski definition) is 2. The topological polar surface area (TPSA) is 41.1 Å². The summed E-state index contributed by atoms with van der Waals surface area (Å²) < 4.78 is 0. The number of nitrogens with one attached hydrogen (secondary N) is 2. The molecule has 1 unspecified atom stereocenters. The first-order valence-electron chi connectivity index (χ1n) is 5.60. The molecular weight excluding hydrogens is 188 g/mol. The normalized spacial score (nSPS) is 12.2. The second-order valence-corrected chi connectivity index (χ2v) is 3.77. The van der Waals surface area contributed by atoms with Crippen LogP contribution in [0.5, 0.6) is 0 Å². The first-order chi connectivity index (χ1) is 7.13. The zero-order valence-corrected chi connectivity index (χ0v) is 9.97. The summed E-state index contributed by atoms with van der Waals surface area (Å²) in [6.45, 7) is 6.47. The van der Waals surface area contributed by atoms with Crippen LogP contribution in [-0.2, 0) is 4.79 Å². The van der Waals surface area contributed by atoms with E-state index in [0.29, 0.717) is 19.0 Å². The second kappa shape index (κ2) is 8.31. The van der Waals surface area contributed by atoms with Gasteiger partial charge >= 0.3 is 0 Å². The van der Waals surface area contributed by atoms with Gasteiger partial charge in [-0.3, -0.25) is 4.79 Å². The van der Waals surface area contributed by atoms with Crippen LogP contribution in [-0.4, -0.2) is 24.5 Å². The van der Waals surface area contributed by atoms with Crippen molar-refractivity contribution in [1.82, 2.24) is 10.6 Å². The van der Waals surface area contributed by atoms with Gasteiger partial charge in [0, 0.05) is 18.5 Å². The van der Waals surface area contributed by atoms with Gasteiger partial charge in [-0.05, 0) is 19.8 Å². The smallest absolute Gasteiger partial charge is 0.234 e. The molecule has 15 heavy (non-hydrogen) atoms. The summed E-state index contributed by atoms with van der Waals surface area (Å²) in [5.41, 5.74) is 0. The summed E-state index contributed by atoms with van der Waals surface area (Å²) in [4.78, 5) is 11.5. The van der Waals surface area contributed by atoms with Crippen molar-refractivity contribution < 1.29 is 4.79 Å². The van der Waals surface area contributed by atoms with Gasteiger partial charge in [0.1, 0.15) is 0 Å². The molecule has 3 nitrogen and oxygen atoms in total. The fraction of sp³-hybridized carbons (Fsp3) is 0.750. The lowest BCUT2D eigenvalue weighted by Gasteiger charge is -2.16. The zero-order chi connectivity index (χ0) is 11.7. The SMILES string of the molecule is C#CCC(C)NCC(=O)NC(CC)CC. The molecule has 0 rings (SSSR count). The van der Waals surface area contributed by atoms with Crippen molar-refractivity contribution in [1.29, 1.82) is 0 Å².